The number of rotatable bonds is 5. The van der Waals surface area contributed by atoms with Crippen LogP contribution in [0.3, 0.4) is 0 Å². The lowest BCUT2D eigenvalue weighted by Crippen LogP contribution is -2.28. The first-order chi connectivity index (χ1) is 15.2. The number of nitrogens with zero attached hydrogens (tertiary/aromatic N) is 4. The number of para-hydroxylation sites is 2. The van der Waals surface area contributed by atoms with Crippen molar-refractivity contribution >= 4 is 17.0 Å². The Hall–Kier alpha value is -3.81. The van der Waals surface area contributed by atoms with Crippen LogP contribution in [0.1, 0.15) is 25.7 Å². The Morgan fingerprint density at radius 3 is 2.35 bits per heavy atom. The van der Waals surface area contributed by atoms with Crippen LogP contribution < -0.4 is 4.74 Å². The van der Waals surface area contributed by atoms with Gasteiger partial charge in [0.05, 0.1) is 22.6 Å². The molecule has 8 heteroatoms. The number of hydrogen-bond acceptors (Lipinski definition) is 6. The number of carboxylic acids is 1. The van der Waals surface area contributed by atoms with E-state index in [1.54, 1.807) is 18.6 Å². The first-order valence-corrected chi connectivity index (χ1v) is 10.3. The number of aliphatic carboxylic acids is 1. The van der Waals surface area contributed by atoms with Crippen molar-refractivity contribution in [3.8, 4) is 28.7 Å². The van der Waals surface area contributed by atoms with Crippen LogP contribution in [0, 0.1) is 5.92 Å². The lowest BCUT2D eigenvalue weighted by atomic mass is 9.87. The number of aromatic amines is 1. The average Bonchev–Trinajstić information content (AvgIpc) is 3.24. The van der Waals surface area contributed by atoms with Crippen LogP contribution in [-0.2, 0) is 4.79 Å². The Labute approximate surface area is 178 Å². The van der Waals surface area contributed by atoms with E-state index >= 15 is 0 Å². The van der Waals surface area contributed by atoms with E-state index in [0.717, 1.165) is 33.7 Å². The van der Waals surface area contributed by atoms with E-state index < -0.39 is 5.97 Å². The third-order valence-electron chi connectivity index (χ3n) is 5.65. The van der Waals surface area contributed by atoms with E-state index in [4.69, 9.17) is 9.84 Å². The zero-order valence-corrected chi connectivity index (χ0v) is 16.7. The number of carbonyl (C=O) groups is 1. The zero-order chi connectivity index (χ0) is 21.2. The number of hydrogen-bond donors (Lipinski definition) is 2. The third-order valence-corrected chi connectivity index (χ3v) is 5.65. The molecule has 0 saturated heterocycles. The summed E-state index contributed by atoms with van der Waals surface area (Å²) >= 11 is 0. The molecule has 31 heavy (non-hydrogen) atoms. The number of pyridine rings is 1. The highest BCUT2D eigenvalue weighted by Crippen LogP contribution is 2.27. The number of carboxylic acid groups (broad SMARTS) is 1. The van der Waals surface area contributed by atoms with Crippen molar-refractivity contribution in [3.63, 3.8) is 0 Å². The summed E-state index contributed by atoms with van der Waals surface area (Å²) in [4.78, 5) is 32.1. The molecule has 1 aliphatic rings. The second-order valence-corrected chi connectivity index (χ2v) is 7.72. The van der Waals surface area contributed by atoms with Gasteiger partial charge in [0.2, 0.25) is 0 Å². The molecule has 0 radical (unpaired) electrons. The maximum absolute atomic E-state index is 11.1. The number of fused-ring (bicyclic) bond motifs is 1. The fraction of sp³-hybridized carbons (Fsp3) is 0.261. The van der Waals surface area contributed by atoms with E-state index in [0.29, 0.717) is 31.7 Å². The van der Waals surface area contributed by atoms with Crippen LogP contribution in [0.2, 0.25) is 0 Å². The zero-order valence-electron chi connectivity index (χ0n) is 16.7. The maximum atomic E-state index is 11.1. The first-order valence-electron chi connectivity index (χ1n) is 10.3. The maximum Gasteiger partial charge on any atom is 0.316 e. The molecular weight excluding hydrogens is 394 g/mol. The van der Waals surface area contributed by atoms with E-state index in [2.05, 4.69) is 24.9 Å². The first kappa shape index (κ1) is 19.2. The van der Waals surface area contributed by atoms with Gasteiger partial charge in [0.1, 0.15) is 11.9 Å². The van der Waals surface area contributed by atoms with E-state index in [9.17, 15) is 4.79 Å². The van der Waals surface area contributed by atoms with Gasteiger partial charge in [0, 0.05) is 29.7 Å². The molecule has 1 aromatic carbocycles. The molecule has 0 amide bonds. The van der Waals surface area contributed by atoms with Crippen LogP contribution in [0.25, 0.3) is 33.7 Å². The van der Waals surface area contributed by atoms with Crippen LogP contribution in [0.5, 0.6) is 6.01 Å². The van der Waals surface area contributed by atoms with E-state index in [1.165, 1.54) is 0 Å². The normalized spacial score (nSPS) is 18.7. The van der Waals surface area contributed by atoms with Gasteiger partial charge in [-0.15, -0.1) is 0 Å². The number of ether oxygens (including phenoxy) is 1. The molecule has 0 unspecified atom stereocenters. The standard InChI is InChI=1S/C23H21N5O3/c29-22(30)14-5-8-17(9-6-14)31-23-25-12-16(13-26-23)18-10-7-15(11-24-18)21-27-19-3-1-2-4-20(19)28-21/h1-4,7,10-14,17H,5-6,8-9H2,(H,27,28)(H,29,30)/t14-,17+. The summed E-state index contributed by atoms with van der Waals surface area (Å²) < 4.78 is 5.83. The highest BCUT2D eigenvalue weighted by atomic mass is 16.5. The molecular formula is C23H21N5O3. The molecule has 0 bridgehead atoms. The van der Waals surface area contributed by atoms with Crippen molar-refractivity contribution in [2.45, 2.75) is 31.8 Å². The summed E-state index contributed by atoms with van der Waals surface area (Å²) in [5, 5.41) is 9.09. The largest absolute Gasteiger partial charge is 0.481 e. The molecule has 1 fully saturated rings. The summed E-state index contributed by atoms with van der Waals surface area (Å²) in [5.74, 6) is -0.215. The minimum Gasteiger partial charge on any atom is -0.481 e. The fourth-order valence-corrected chi connectivity index (χ4v) is 3.88. The molecule has 1 aliphatic carbocycles. The fourth-order valence-electron chi connectivity index (χ4n) is 3.88. The van der Waals surface area contributed by atoms with Crippen molar-refractivity contribution in [1.29, 1.82) is 0 Å². The number of H-pyrrole nitrogens is 1. The van der Waals surface area contributed by atoms with Gasteiger partial charge in [-0.05, 0) is 49.9 Å². The van der Waals surface area contributed by atoms with Gasteiger partial charge in [0.25, 0.3) is 0 Å². The van der Waals surface area contributed by atoms with Gasteiger partial charge < -0.3 is 14.8 Å². The molecule has 4 aromatic rings. The molecule has 8 nitrogen and oxygen atoms in total. The quantitative estimate of drug-likeness (QED) is 0.504. The molecule has 5 rings (SSSR count). The Balaban J connectivity index is 1.25. The Morgan fingerprint density at radius 1 is 0.935 bits per heavy atom. The summed E-state index contributed by atoms with van der Waals surface area (Å²) in [6.45, 7) is 0. The van der Waals surface area contributed by atoms with Crippen LogP contribution in [0.4, 0.5) is 0 Å². The monoisotopic (exact) mass is 415 g/mol. The molecule has 156 valence electrons. The van der Waals surface area contributed by atoms with Crippen molar-refractivity contribution in [2.24, 2.45) is 5.92 Å². The molecule has 0 spiro atoms. The SMILES string of the molecule is O=C(O)[C@H]1CC[C@@H](Oc2ncc(-c3ccc(-c4nc5ccccc5[nH]4)cn3)cn2)CC1. The minimum atomic E-state index is -0.724. The second-order valence-electron chi connectivity index (χ2n) is 7.72. The van der Waals surface area contributed by atoms with Crippen molar-refractivity contribution in [2.75, 3.05) is 0 Å². The average molecular weight is 415 g/mol. The van der Waals surface area contributed by atoms with Crippen LogP contribution in [0.15, 0.2) is 55.0 Å². The smallest absolute Gasteiger partial charge is 0.316 e. The summed E-state index contributed by atoms with van der Waals surface area (Å²) in [6, 6.07) is 12.1. The number of benzene rings is 1. The van der Waals surface area contributed by atoms with Gasteiger partial charge in [0.15, 0.2) is 0 Å². The van der Waals surface area contributed by atoms with Gasteiger partial charge in [-0.1, -0.05) is 12.1 Å². The molecule has 3 heterocycles. The van der Waals surface area contributed by atoms with Crippen molar-refractivity contribution in [3.05, 3.63) is 55.0 Å². The van der Waals surface area contributed by atoms with Crippen LogP contribution >= 0.6 is 0 Å². The second kappa shape index (κ2) is 8.14. The summed E-state index contributed by atoms with van der Waals surface area (Å²) in [6.07, 6.45) is 7.77. The van der Waals surface area contributed by atoms with Crippen LogP contribution in [-0.4, -0.2) is 42.1 Å². The summed E-state index contributed by atoms with van der Waals surface area (Å²) in [7, 11) is 0. The van der Waals surface area contributed by atoms with Gasteiger partial charge in [-0.2, -0.15) is 0 Å². The molecule has 2 N–H and O–H groups in total. The molecule has 3 aromatic heterocycles. The number of aromatic nitrogens is 5. The topological polar surface area (TPSA) is 114 Å². The lowest BCUT2D eigenvalue weighted by molar-refractivity contribution is -0.143. The van der Waals surface area contributed by atoms with Gasteiger partial charge >= 0.3 is 12.0 Å². The Bertz CT molecular complexity index is 1160. The predicted molar refractivity (Wildman–Crippen MR) is 114 cm³/mol. The summed E-state index contributed by atoms with van der Waals surface area (Å²) in [5.41, 5.74) is 4.35. The predicted octanol–water partition coefficient (Wildman–Crippen LogP) is 4.10. The highest BCUT2D eigenvalue weighted by molar-refractivity contribution is 5.79. The highest BCUT2D eigenvalue weighted by Gasteiger charge is 2.27. The molecule has 0 aliphatic heterocycles. The van der Waals surface area contributed by atoms with E-state index in [1.807, 2.05) is 36.4 Å². The van der Waals surface area contributed by atoms with Gasteiger partial charge in [-0.3, -0.25) is 9.78 Å². The van der Waals surface area contributed by atoms with Crippen molar-refractivity contribution in [1.82, 2.24) is 24.9 Å². The number of nitrogens with one attached hydrogen (secondary N) is 1. The Kier molecular flexibility index (Phi) is 5.03. The van der Waals surface area contributed by atoms with E-state index in [-0.39, 0.29) is 12.0 Å². The Morgan fingerprint density at radius 2 is 1.68 bits per heavy atom. The minimum absolute atomic E-state index is 0.0392. The molecule has 1 saturated carbocycles. The molecule has 0 atom stereocenters. The van der Waals surface area contributed by atoms with Crippen molar-refractivity contribution < 1.29 is 14.6 Å². The third kappa shape index (κ3) is 4.09. The number of imidazole rings is 1. The lowest BCUT2D eigenvalue weighted by Gasteiger charge is -2.25. The van der Waals surface area contributed by atoms with Gasteiger partial charge in [-0.25, -0.2) is 15.0 Å².